The molecule has 2 nitrogen and oxygen atoms in total. The monoisotopic (exact) mass is 235 g/mol. The van der Waals surface area contributed by atoms with Crippen LogP contribution in [-0.4, -0.2) is 18.2 Å². The van der Waals surface area contributed by atoms with Crippen molar-refractivity contribution in [1.29, 1.82) is 0 Å². The molecule has 3 heteroatoms. The molecule has 1 N–H and O–H groups in total. The van der Waals surface area contributed by atoms with E-state index in [1.165, 1.54) is 4.90 Å². The van der Waals surface area contributed by atoms with Crippen molar-refractivity contribution in [3.63, 3.8) is 0 Å². The van der Waals surface area contributed by atoms with Crippen LogP contribution in [0.25, 0.3) is 0 Å². The molecule has 0 heterocycles. The number of amides is 1. The fourth-order valence-electron chi connectivity index (χ4n) is 1.12. The summed E-state index contributed by atoms with van der Waals surface area (Å²) in [5.74, 6) is 0.901. The van der Waals surface area contributed by atoms with E-state index in [0.29, 0.717) is 13.0 Å². The van der Waals surface area contributed by atoms with Gasteiger partial charge in [0.2, 0.25) is 5.91 Å². The minimum atomic E-state index is 0.0893. The maximum absolute atomic E-state index is 11.4. The Labute approximate surface area is 101 Å². The first-order chi connectivity index (χ1) is 7.68. The molecule has 0 bridgehead atoms. The van der Waals surface area contributed by atoms with Gasteiger partial charge in [0, 0.05) is 23.6 Å². The summed E-state index contributed by atoms with van der Waals surface area (Å²) in [6.07, 6.45) is 0.548. The Morgan fingerprint density at radius 3 is 2.69 bits per heavy atom. The molecule has 0 atom stereocenters. The Morgan fingerprint density at radius 1 is 1.38 bits per heavy atom. The van der Waals surface area contributed by atoms with Gasteiger partial charge in [-0.25, -0.2) is 0 Å². The van der Waals surface area contributed by atoms with Crippen LogP contribution in [0.2, 0.25) is 0 Å². The van der Waals surface area contributed by atoms with Gasteiger partial charge in [-0.2, -0.15) is 0 Å². The molecule has 0 aliphatic rings. The normalized spacial score (nSPS) is 9.81. The van der Waals surface area contributed by atoms with Crippen molar-refractivity contribution in [3.05, 3.63) is 42.5 Å². The quantitative estimate of drug-likeness (QED) is 0.607. The van der Waals surface area contributed by atoms with Gasteiger partial charge in [0.1, 0.15) is 0 Å². The second-order valence-electron chi connectivity index (χ2n) is 3.65. The number of rotatable bonds is 6. The minimum Gasteiger partial charge on any atom is -0.352 e. The summed E-state index contributed by atoms with van der Waals surface area (Å²) in [6.45, 7) is 6.22. The largest absolute Gasteiger partial charge is 0.352 e. The van der Waals surface area contributed by atoms with Crippen LogP contribution in [0.4, 0.5) is 0 Å². The molecule has 0 aliphatic heterocycles. The summed E-state index contributed by atoms with van der Waals surface area (Å²) in [5, 5.41) is 2.82. The highest BCUT2D eigenvalue weighted by Gasteiger charge is 2.00. The summed E-state index contributed by atoms with van der Waals surface area (Å²) in [4.78, 5) is 12.6. The molecule has 86 valence electrons. The molecular formula is C13H17NOS. The minimum absolute atomic E-state index is 0.0893. The zero-order valence-electron chi connectivity index (χ0n) is 9.53. The maximum atomic E-state index is 11.4. The lowest BCUT2D eigenvalue weighted by molar-refractivity contribution is -0.120. The van der Waals surface area contributed by atoms with Gasteiger partial charge in [0.25, 0.3) is 0 Å². The predicted octanol–water partition coefficient (Wildman–Crippen LogP) is 2.86. The summed E-state index contributed by atoms with van der Waals surface area (Å²) in [5.41, 5.74) is 0.976. The zero-order chi connectivity index (χ0) is 11.8. The third kappa shape index (κ3) is 5.61. The molecule has 1 rings (SSSR count). The van der Waals surface area contributed by atoms with E-state index >= 15 is 0 Å². The lowest BCUT2D eigenvalue weighted by Gasteiger charge is -2.04. The second kappa shape index (κ2) is 7.12. The van der Waals surface area contributed by atoms with Gasteiger partial charge in [0.15, 0.2) is 0 Å². The average molecular weight is 235 g/mol. The molecule has 0 fully saturated rings. The Kier molecular flexibility index (Phi) is 5.72. The molecule has 0 saturated heterocycles. The van der Waals surface area contributed by atoms with Crippen LogP contribution in [0, 0.1) is 0 Å². The first kappa shape index (κ1) is 12.8. The number of carbonyl (C=O) groups excluding carboxylic acids is 1. The number of carbonyl (C=O) groups is 1. The third-order valence-corrected chi connectivity index (χ3v) is 2.94. The fourth-order valence-corrected chi connectivity index (χ4v) is 1.99. The Hall–Kier alpha value is -1.22. The standard InChI is InChI=1S/C13H17NOS/c1-11(2)10-14-13(15)8-9-16-12-6-4-3-5-7-12/h3-7H,1,8-10H2,2H3,(H,14,15). The van der Waals surface area contributed by atoms with Crippen molar-refractivity contribution in [2.75, 3.05) is 12.3 Å². The van der Waals surface area contributed by atoms with Crippen LogP contribution in [0.5, 0.6) is 0 Å². The van der Waals surface area contributed by atoms with Gasteiger partial charge < -0.3 is 5.32 Å². The average Bonchev–Trinajstić information content (AvgIpc) is 2.28. The van der Waals surface area contributed by atoms with E-state index in [4.69, 9.17) is 0 Å². The topological polar surface area (TPSA) is 29.1 Å². The summed E-state index contributed by atoms with van der Waals surface area (Å²) in [6, 6.07) is 10.1. The Morgan fingerprint density at radius 2 is 2.06 bits per heavy atom. The van der Waals surface area contributed by atoms with Crippen LogP contribution >= 0.6 is 11.8 Å². The van der Waals surface area contributed by atoms with E-state index in [-0.39, 0.29) is 5.91 Å². The van der Waals surface area contributed by atoms with Crippen LogP contribution in [0.15, 0.2) is 47.4 Å². The number of hydrogen-bond acceptors (Lipinski definition) is 2. The van der Waals surface area contributed by atoms with Gasteiger partial charge in [-0.15, -0.1) is 11.8 Å². The van der Waals surface area contributed by atoms with Crippen LogP contribution < -0.4 is 5.32 Å². The summed E-state index contributed by atoms with van der Waals surface area (Å²) in [7, 11) is 0. The smallest absolute Gasteiger partial charge is 0.221 e. The van der Waals surface area contributed by atoms with Crippen LogP contribution in [0.3, 0.4) is 0 Å². The maximum Gasteiger partial charge on any atom is 0.221 e. The van der Waals surface area contributed by atoms with E-state index in [1.807, 2.05) is 25.1 Å². The summed E-state index contributed by atoms with van der Waals surface area (Å²) < 4.78 is 0. The van der Waals surface area contributed by atoms with Gasteiger partial charge in [-0.1, -0.05) is 30.4 Å². The second-order valence-corrected chi connectivity index (χ2v) is 4.81. The molecule has 1 amide bonds. The highest BCUT2D eigenvalue weighted by atomic mass is 32.2. The number of benzene rings is 1. The lowest BCUT2D eigenvalue weighted by atomic mass is 10.3. The molecule has 1 aromatic rings. The van der Waals surface area contributed by atoms with E-state index in [9.17, 15) is 4.79 Å². The fraction of sp³-hybridized carbons (Fsp3) is 0.308. The van der Waals surface area contributed by atoms with Crippen molar-refractivity contribution in [1.82, 2.24) is 5.32 Å². The Balaban J connectivity index is 2.16. The molecule has 0 spiro atoms. The number of hydrogen-bond donors (Lipinski definition) is 1. The predicted molar refractivity (Wildman–Crippen MR) is 69.6 cm³/mol. The van der Waals surface area contributed by atoms with Gasteiger partial charge in [0.05, 0.1) is 0 Å². The molecule has 0 aromatic heterocycles. The first-order valence-corrected chi connectivity index (χ1v) is 6.26. The van der Waals surface area contributed by atoms with Crippen molar-refractivity contribution >= 4 is 17.7 Å². The first-order valence-electron chi connectivity index (χ1n) is 5.27. The van der Waals surface area contributed by atoms with Gasteiger partial charge >= 0.3 is 0 Å². The lowest BCUT2D eigenvalue weighted by Crippen LogP contribution is -2.24. The number of nitrogens with one attached hydrogen (secondary N) is 1. The zero-order valence-corrected chi connectivity index (χ0v) is 10.3. The SMILES string of the molecule is C=C(C)CNC(=O)CCSc1ccccc1. The van der Waals surface area contributed by atoms with E-state index < -0.39 is 0 Å². The molecular weight excluding hydrogens is 218 g/mol. The van der Waals surface area contributed by atoms with Crippen molar-refractivity contribution in [3.8, 4) is 0 Å². The molecule has 0 aliphatic carbocycles. The van der Waals surface area contributed by atoms with Crippen LogP contribution in [0.1, 0.15) is 13.3 Å². The van der Waals surface area contributed by atoms with E-state index in [2.05, 4.69) is 24.0 Å². The van der Waals surface area contributed by atoms with Crippen molar-refractivity contribution < 1.29 is 4.79 Å². The third-order valence-electron chi connectivity index (χ3n) is 1.93. The molecule has 0 radical (unpaired) electrons. The molecule has 16 heavy (non-hydrogen) atoms. The highest BCUT2D eigenvalue weighted by molar-refractivity contribution is 7.99. The van der Waals surface area contributed by atoms with Gasteiger partial charge in [-0.3, -0.25) is 4.79 Å². The summed E-state index contributed by atoms with van der Waals surface area (Å²) >= 11 is 1.70. The Bertz CT molecular complexity index is 348. The highest BCUT2D eigenvalue weighted by Crippen LogP contribution is 2.17. The van der Waals surface area contributed by atoms with Gasteiger partial charge in [-0.05, 0) is 19.1 Å². The molecule has 0 unspecified atom stereocenters. The van der Waals surface area contributed by atoms with Crippen molar-refractivity contribution in [2.24, 2.45) is 0 Å². The van der Waals surface area contributed by atoms with Crippen LogP contribution in [-0.2, 0) is 4.79 Å². The van der Waals surface area contributed by atoms with E-state index in [1.54, 1.807) is 11.8 Å². The molecule has 1 aromatic carbocycles. The van der Waals surface area contributed by atoms with E-state index in [0.717, 1.165) is 11.3 Å². The van der Waals surface area contributed by atoms with Crippen molar-refractivity contribution in [2.45, 2.75) is 18.2 Å². The molecule has 0 saturated carbocycles. The number of thioether (sulfide) groups is 1.